The minimum atomic E-state index is -1.57. The quantitative estimate of drug-likeness (QED) is 0.0261. The molecule has 9 heteroatoms. The summed E-state index contributed by atoms with van der Waals surface area (Å²) in [5, 5.41) is 54.6. The Morgan fingerprint density at radius 3 is 1.11 bits per heavy atom. The molecule has 0 aromatic rings. The summed E-state index contributed by atoms with van der Waals surface area (Å²) in [5.74, 6) is -0.181. The topological polar surface area (TPSA) is 149 Å². The van der Waals surface area contributed by atoms with E-state index < -0.39 is 49.5 Å². The van der Waals surface area contributed by atoms with Crippen molar-refractivity contribution in [2.75, 3.05) is 13.2 Å². The molecule has 448 valence electrons. The Hall–Kier alpha value is -1.59. The molecule has 7 unspecified atom stereocenters. The Balaban J connectivity index is 2.15. The van der Waals surface area contributed by atoms with Crippen LogP contribution in [0.3, 0.4) is 0 Å². The predicted octanol–water partition coefficient (Wildman–Crippen LogP) is 17.5. The maximum atomic E-state index is 13.1. The highest BCUT2D eigenvalue weighted by Crippen LogP contribution is 2.23. The first-order chi connectivity index (χ1) is 37.3. The number of aliphatic hydroxyl groups is 5. The normalized spacial score (nSPS) is 19.0. The molecule has 0 spiro atoms. The molecule has 1 saturated heterocycles. The third-order valence-electron chi connectivity index (χ3n) is 15.9. The number of carbonyl (C=O) groups is 1. The van der Waals surface area contributed by atoms with Crippen molar-refractivity contribution in [2.45, 2.75) is 371 Å². The van der Waals surface area contributed by atoms with Gasteiger partial charge in [0.05, 0.1) is 25.4 Å². The van der Waals surface area contributed by atoms with Crippen LogP contribution in [0, 0.1) is 0 Å². The van der Waals surface area contributed by atoms with Gasteiger partial charge in [-0.2, -0.15) is 0 Å². The van der Waals surface area contributed by atoms with Gasteiger partial charge >= 0.3 is 0 Å². The summed E-state index contributed by atoms with van der Waals surface area (Å²) in [6, 6.07) is -0.822. The lowest BCUT2D eigenvalue weighted by Crippen LogP contribution is -2.60. The number of amides is 1. The van der Waals surface area contributed by atoms with Crippen LogP contribution in [0.2, 0.25) is 0 Å². The lowest BCUT2D eigenvalue weighted by atomic mass is 9.99. The van der Waals surface area contributed by atoms with Gasteiger partial charge in [0.1, 0.15) is 24.4 Å². The van der Waals surface area contributed by atoms with Gasteiger partial charge in [0, 0.05) is 6.42 Å². The standard InChI is InChI=1S/C67H127NO8/c1-3-5-7-9-11-13-15-17-19-21-23-25-27-28-29-30-31-32-33-34-35-37-39-41-43-45-47-49-51-53-55-57-63(71)68-60(59-75-67-66(74)65(73)64(72)62(58-69)76-67)61(70)56-54-52-50-48-46-44-42-40-38-36-26-24-22-20-18-16-14-12-10-8-6-4-2/h28-29,46,48,54,56,60-62,64-67,69-70,72-74H,3-27,30-45,47,49-53,55,57-59H2,1-2H3,(H,68,71)/b29-28-,48-46+,56-54+. The van der Waals surface area contributed by atoms with Crippen molar-refractivity contribution >= 4 is 5.91 Å². The van der Waals surface area contributed by atoms with Crippen LogP contribution in [0.1, 0.15) is 328 Å². The van der Waals surface area contributed by atoms with E-state index in [1.165, 1.54) is 270 Å². The van der Waals surface area contributed by atoms with Crippen molar-refractivity contribution in [3.63, 3.8) is 0 Å². The van der Waals surface area contributed by atoms with Gasteiger partial charge in [0.25, 0.3) is 0 Å². The van der Waals surface area contributed by atoms with Gasteiger partial charge in [0.2, 0.25) is 5.91 Å². The molecule has 1 fully saturated rings. The number of aliphatic hydroxyl groups excluding tert-OH is 5. The average Bonchev–Trinajstić information content (AvgIpc) is 3.42. The summed E-state index contributed by atoms with van der Waals surface area (Å²) in [6.45, 7) is 3.81. The predicted molar refractivity (Wildman–Crippen MR) is 323 cm³/mol. The molecule has 1 aliphatic rings. The van der Waals surface area contributed by atoms with Gasteiger partial charge in [-0.3, -0.25) is 4.79 Å². The van der Waals surface area contributed by atoms with E-state index in [9.17, 15) is 30.3 Å². The monoisotopic (exact) mass is 1070 g/mol. The zero-order valence-corrected chi connectivity index (χ0v) is 50.0. The molecule has 1 aliphatic heterocycles. The van der Waals surface area contributed by atoms with E-state index in [2.05, 4.69) is 43.5 Å². The van der Waals surface area contributed by atoms with Crippen molar-refractivity contribution in [2.24, 2.45) is 0 Å². The van der Waals surface area contributed by atoms with E-state index >= 15 is 0 Å². The molecule has 9 nitrogen and oxygen atoms in total. The molecular formula is C67H127NO8. The van der Waals surface area contributed by atoms with Gasteiger partial charge in [-0.1, -0.05) is 301 Å². The smallest absolute Gasteiger partial charge is 0.220 e. The second kappa shape index (κ2) is 56.7. The highest BCUT2D eigenvalue weighted by atomic mass is 16.7. The zero-order chi connectivity index (χ0) is 55.0. The number of ether oxygens (including phenoxy) is 2. The third-order valence-corrected chi connectivity index (χ3v) is 15.9. The molecule has 0 aromatic carbocycles. The fourth-order valence-electron chi connectivity index (χ4n) is 10.7. The number of rotatable bonds is 58. The van der Waals surface area contributed by atoms with Crippen LogP contribution in [0.25, 0.3) is 0 Å². The minimum Gasteiger partial charge on any atom is -0.394 e. The number of hydrogen-bond acceptors (Lipinski definition) is 8. The number of unbranched alkanes of at least 4 members (excludes halogenated alkanes) is 44. The molecule has 0 aliphatic carbocycles. The van der Waals surface area contributed by atoms with Crippen molar-refractivity contribution in [3.8, 4) is 0 Å². The third kappa shape index (κ3) is 45.2. The first kappa shape index (κ1) is 72.4. The van der Waals surface area contributed by atoms with Crippen LogP contribution in [0.15, 0.2) is 36.5 Å². The fraction of sp³-hybridized carbons (Fsp3) is 0.896. The van der Waals surface area contributed by atoms with Crippen LogP contribution >= 0.6 is 0 Å². The number of nitrogens with one attached hydrogen (secondary N) is 1. The van der Waals surface area contributed by atoms with Crippen molar-refractivity contribution < 1.29 is 39.8 Å². The zero-order valence-electron chi connectivity index (χ0n) is 50.0. The van der Waals surface area contributed by atoms with E-state index in [0.29, 0.717) is 6.42 Å². The molecule has 0 radical (unpaired) electrons. The molecule has 0 saturated carbocycles. The van der Waals surface area contributed by atoms with Gasteiger partial charge in [-0.15, -0.1) is 0 Å². The summed E-state index contributed by atoms with van der Waals surface area (Å²) in [4.78, 5) is 13.1. The maximum absolute atomic E-state index is 13.1. The van der Waals surface area contributed by atoms with Crippen LogP contribution in [0.5, 0.6) is 0 Å². The summed E-state index contributed by atoms with van der Waals surface area (Å²) < 4.78 is 11.3. The van der Waals surface area contributed by atoms with Gasteiger partial charge in [0.15, 0.2) is 6.29 Å². The molecule has 0 aromatic heterocycles. The second-order valence-corrected chi connectivity index (χ2v) is 23.3. The van der Waals surface area contributed by atoms with E-state index in [4.69, 9.17) is 9.47 Å². The van der Waals surface area contributed by atoms with Crippen molar-refractivity contribution in [3.05, 3.63) is 36.5 Å². The van der Waals surface area contributed by atoms with Gasteiger partial charge in [-0.05, 0) is 57.8 Å². The summed E-state index contributed by atoms with van der Waals surface area (Å²) in [5.41, 5.74) is 0. The number of carbonyl (C=O) groups excluding carboxylic acids is 1. The molecule has 1 heterocycles. The fourth-order valence-corrected chi connectivity index (χ4v) is 10.7. The minimum absolute atomic E-state index is 0.181. The van der Waals surface area contributed by atoms with E-state index in [0.717, 1.165) is 38.5 Å². The molecule has 76 heavy (non-hydrogen) atoms. The van der Waals surface area contributed by atoms with E-state index in [1.807, 2.05) is 6.08 Å². The van der Waals surface area contributed by atoms with Gasteiger partial charge in [-0.25, -0.2) is 0 Å². The average molecular weight is 1070 g/mol. The Kier molecular flexibility index (Phi) is 54.0. The first-order valence-electron chi connectivity index (χ1n) is 33.2. The molecule has 1 rings (SSSR count). The Morgan fingerprint density at radius 1 is 0.434 bits per heavy atom. The summed E-state index contributed by atoms with van der Waals surface area (Å²) >= 11 is 0. The first-order valence-corrected chi connectivity index (χ1v) is 33.2. The molecular weight excluding hydrogens is 947 g/mol. The lowest BCUT2D eigenvalue weighted by molar-refractivity contribution is -0.302. The van der Waals surface area contributed by atoms with Crippen LogP contribution < -0.4 is 5.32 Å². The molecule has 0 bridgehead atoms. The number of allylic oxidation sites excluding steroid dienone is 5. The van der Waals surface area contributed by atoms with Crippen molar-refractivity contribution in [1.82, 2.24) is 5.32 Å². The SMILES string of the molecule is CCCCCCCCCCCCCC/C=C\CCCCCCCCCCCCCCCCCC(=O)NC(COC1OC(CO)C(O)C(O)C1O)C(O)/C=C/CC/C=C/CCCCCCCCCCCCCCCCCC. The van der Waals surface area contributed by atoms with E-state index in [-0.39, 0.29) is 12.5 Å². The molecule has 1 amide bonds. The Labute approximate surface area is 470 Å². The highest BCUT2D eigenvalue weighted by Gasteiger charge is 2.44. The largest absolute Gasteiger partial charge is 0.394 e. The molecule has 7 atom stereocenters. The second-order valence-electron chi connectivity index (χ2n) is 23.3. The van der Waals surface area contributed by atoms with Crippen LogP contribution in [0.4, 0.5) is 0 Å². The Bertz CT molecular complexity index is 1290. The maximum Gasteiger partial charge on any atom is 0.220 e. The Morgan fingerprint density at radius 2 is 0.750 bits per heavy atom. The van der Waals surface area contributed by atoms with Crippen molar-refractivity contribution in [1.29, 1.82) is 0 Å². The van der Waals surface area contributed by atoms with Crippen LogP contribution in [-0.2, 0) is 14.3 Å². The summed E-state index contributed by atoms with van der Waals surface area (Å²) in [7, 11) is 0. The van der Waals surface area contributed by atoms with E-state index in [1.54, 1.807) is 6.08 Å². The highest BCUT2D eigenvalue weighted by molar-refractivity contribution is 5.76. The van der Waals surface area contributed by atoms with Crippen LogP contribution in [-0.4, -0.2) is 87.5 Å². The van der Waals surface area contributed by atoms with Gasteiger partial charge < -0.3 is 40.3 Å². The molecule has 6 N–H and O–H groups in total. The summed E-state index contributed by atoms with van der Waals surface area (Å²) in [6.07, 6.45) is 68.2. The number of hydrogen-bond donors (Lipinski definition) is 6. The lowest BCUT2D eigenvalue weighted by Gasteiger charge is -2.40.